The van der Waals surface area contributed by atoms with Crippen molar-refractivity contribution in [2.75, 3.05) is 27.2 Å². The van der Waals surface area contributed by atoms with Gasteiger partial charge in [0.05, 0.1) is 0 Å². The second-order valence-electron chi connectivity index (χ2n) is 6.77. The molecule has 132 valence electrons. The van der Waals surface area contributed by atoms with E-state index in [0.717, 1.165) is 37.9 Å². The molecule has 1 aliphatic rings. The lowest BCUT2D eigenvalue weighted by molar-refractivity contribution is -0.137. The monoisotopic (exact) mass is 334 g/mol. The minimum absolute atomic E-state index is 0.0172. The molecule has 0 aromatic heterocycles. The van der Waals surface area contributed by atoms with Crippen molar-refractivity contribution in [1.82, 2.24) is 9.80 Å². The Kier molecular flexibility index (Phi) is 6.76. The van der Waals surface area contributed by atoms with Gasteiger partial charge < -0.3 is 9.80 Å². The first-order valence-corrected chi connectivity index (χ1v) is 8.68. The lowest BCUT2D eigenvalue weighted by Crippen LogP contribution is -2.40. The molecule has 0 N–H and O–H groups in total. The molecular weight excluding hydrogens is 307 g/mol. The molecule has 0 saturated carbocycles. The first-order chi connectivity index (χ1) is 11.5. The first kappa shape index (κ1) is 18.4. The number of rotatable bonds is 6. The summed E-state index contributed by atoms with van der Waals surface area (Å²) in [5.41, 5.74) is 0.748. The summed E-state index contributed by atoms with van der Waals surface area (Å²) in [5, 5.41) is 0. The summed E-state index contributed by atoms with van der Waals surface area (Å²) in [5.74, 6) is 0.299. The van der Waals surface area contributed by atoms with Crippen molar-refractivity contribution in [3.05, 3.63) is 35.6 Å². The summed E-state index contributed by atoms with van der Waals surface area (Å²) < 4.78 is 13.7. The maximum Gasteiger partial charge on any atom is 0.223 e. The number of halogens is 1. The number of piperidine rings is 1. The van der Waals surface area contributed by atoms with Gasteiger partial charge in [0, 0.05) is 40.0 Å². The Morgan fingerprint density at radius 2 is 2.00 bits per heavy atom. The van der Waals surface area contributed by atoms with Crippen LogP contribution in [0.1, 0.15) is 37.7 Å². The fraction of sp³-hybridized carbons (Fsp3) is 0.579. The van der Waals surface area contributed by atoms with Crippen molar-refractivity contribution in [1.29, 1.82) is 0 Å². The van der Waals surface area contributed by atoms with E-state index in [1.807, 2.05) is 17.0 Å². The molecule has 1 aromatic carbocycles. The van der Waals surface area contributed by atoms with Gasteiger partial charge in [-0.2, -0.15) is 0 Å². The fourth-order valence-electron chi connectivity index (χ4n) is 3.18. The Morgan fingerprint density at radius 3 is 2.71 bits per heavy atom. The number of likely N-dealkylation sites (tertiary alicyclic amines) is 1. The van der Waals surface area contributed by atoms with Crippen molar-refractivity contribution in [2.45, 2.75) is 38.5 Å². The number of hydrogen-bond donors (Lipinski definition) is 0. The third-order valence-electron chi connectivity index (χ3n) is 4.70. The summed E-state index contributed by atoms with van der Waals surface area (Å²) in [7, 11) is 3.40. The van der Waals surface area contributed by atoms with Gasteiger partial charge in [-0.05, 0) is 43.2 Å². The summed E-state index contributed by atoms with van der Waals surface area (Å²) in [4.78, 5) is 27.3. The molecule has 1 atom stereocenters. The Labute approximate surface area is 143 Å². The summed E-state index contributed by atoms with van der Waals surface area (Å²) in [6.45, 7) is 1.49. The van der Waals surface area contributed by atoms with Crippen molar-refractivity contribution in [3.8, 4) is 0 Å². The van der Waals surface area contributed by atoms with Crippen LogP contribution >= 0.6 is 0 Å². The highest BCUT2D eigenvalue weighted by Crippen LogP contribution is 2.23. The lowest BCUT2D eigenvalue weighted by atomic mass is 9.91. The summed E-state index contributed by atoms with van der Waals surface area (Å²) in [6.07, 6.45) is 4.20. The van der Waals surface area contributed by atoms with Gasteiger partial charge >= 0.3 is 0 Å². The van der Waals surface area contributed by atoms with Gasteiger partial charge in [-0.15, -0.1) is 0 Å². The first-order valence-electron chi connectivity index (χ1n) is 8.68. The van der Waals surface area contributed by atoms with E-state index >= 15 is 0 Å². The molecule has 4 nitrogen and oxygen atoms in total. The minimum atomic E-state index is -0.150. The molecule has 0 bridgehead atoms. The van der Waals surface area contributed by atoms with Gasteiger partial charge in [-0.1, -0.05) is 18.2 Å². The molecule has 24 heavy (non-hydrogen) atoms. The lowest BCUT2D eigenvalue weighted by Gasteiger charge is -2.33. The van der Waals surface area contributed by atoms with E-state index in [4.69, 9.17) is 0 Å². The van der Waals surface area contributed by atoms with Crippen LogP contribution in [0.3, 0.4) is 0 Å². The average molecular weight is 334 g/mol. The highest BCUT2D eigenvalue weighted by atomic mass is 19.1. The standard InChI is InChI=1S/C19H27FN2O2/c1-21(2)18(23)11-12-19(24)22-13-5-6-15(14-22)9-10-16-7-3-4-8-17(16)20/h3-4,7-8,15H,5-6,9-14H2,1-2H3/t15-/m1/s1. The zero-order valence-corrected chi connectivity index (χ0v) is 14.6. The molecule has 1 saturated heterocycles. The molecule has 0 unspecified atom stereocenters. The van der Waals surface area contributed by atoms with Crippen LogP contribution < -0.4 is 0 Å². The largest absolute Gasteiger partial charge is 0.349 e. The SMILES string of the molecule is CN(C)C(=O)CCC(=O)N1CCC[C@H](CCc2ccccc2F)C1. The quantitative estimate of drug-likeness (QED) is 0.803. The van der Waals surface area contributed by atoms with Gasteiger partial charge in [0.2, 0.25) is 11.8 Å². The van der Waals surface area contributed by atoms with Gasteiger partial charge in [-0.25, -0.2) is 4.39 Å². The van der Waals surface area contributed by atoms with E-state index in [9.17, 15) is 14.0 Å². The predicted octanol–water partition coefficient (Wildman–Crippen LogP) is 2.87. The van der Waals surface area contributed by atoms with Crippen LogP contribution in [0.5, 0.6) is 0 Å². The predicted molar refractivity (Wildman–Crippen MR) is 92.0 cm³/mol. The van der Waals surface area contributed by atoms with Crippen LogP contribution in [0.4, 0.5) is 4.39 Å². The molecule has 1 heterocycles. The van der Waals surface area contributed by atoms with Crippen molar-refractivity contribution >= 4 is 11.8 Å². The average Bonchev–Trinajstić information content (AvgIpc) is 2.58. The van der Waals surface area contributed by atoms with Crippen LogP contribution in [0.2, 0.25) is 0 Å². The fourth-order valence-corrected chi connectivity index (χ4v) is 3.18. The number of carbonyl (C=O) groups excluding carboxylic acids is 2. The van der Waals surface area contributed by atoms with Crippen LogP contribution in [0.25, 0.3) is 0 Å². The third-order valence-corrected chi connectivity index (χ3v) is 4.70. The zero-order valence-electron chi connectivity index (χ0n) is 14.6. The molecule has 2 amide bonds. The number of benzene rings is 1. The third kappa shape index (κ3) is 5.32. The summed E-state index contributed by atoms with van der Waals surface area (Å²) in [6, 6.07) is 6.88. The zero-order chi connectivity index (χ0) is 17.5. The molecule has 1 aromatic rings. The molecule has 0 radical (unpaired) electrons. The van der Waals surface area contributed by atoms with E-state index in [1.54, 1.807) is 20.2 Å². The van der Waals surface area contributed by atoms with Crippen molar-refractivity contribution in [2.24, 2.45) is 5.92 Å². The summed E-state index contributed by atoms with van der Waals surface area (Å²) >= 11 is 0. The maximum atomic E-state index is 13.7. The Hall–Kier alpha value is -1.91. The second kappa shape index (κ2) is 8.81. The van der Waals surface area contributed by atoms with Crippen LogP contribution in [-0.4, -0.2) is 48.8 Å². The van der Waals surface area contributed by atoms with E-state index in [1.165, 1.54) is 11.0 Å². The Morgan fingerprint density at radius 1 is 1.25 bits per heavy atom. The van der Waals surface area contributed by atoms with Crippen molar-refractivity contribution in [3.63, 3.8) is 0 Å². The van der Waals surface area contributed by atoms with E-state index in [-0.39, 0.29) is 30.5 Å². The topological polar surface area (TPSA) is 40.6 Å². The molecule has 0 spiro atoms. The number of aryl methyl sites for hydroxylation is 1. The molecular formula is C19H27FN2O2. The molecule has 1 aliphatic heterocycles. The molecule has 1 fully saturated rings. The number of hydrogen-bond acceptors (Lipinski definition) is 2. The van der Waals surface area contributed by atoms with Gasteiger partial charge in [-0.3, -0.25) is 9.59 Å². The normalized spacial score (nSPS) is 17.6. The van der Waals surface area contributed by atoms with E-state index in [2.05, 4.69) is 0 Å². The van der Waals surface area contributed by atoms with Gasteiger partial charge in [0.25, 0.3) is 0 Å². The Balaban J connectivity index is 1.80. The maximum absolute atomic E-state index is 13.7. The number of carbonyl (C=O) groups is 2. The molecule has 5 heteroatoms. The Bertz CT molecular complexity index is 574. The van der Waals surface area contributed by atoms with E-state index < -0.39 is 0 Å². The van der Waals surface area contributed by atoms with E-state index in [0.29, 0.717) is 12.3 Å². The van der Waals surface area contributed by atoms with Gasteiger partial charge in [0.15, 0.2) is 0 Å². The van der Waals surface area contributed by atoms with Crippen LogP contribution in [0.15, 0.2) is 24.3 Å². The smallest absolute Gasteiger partial charge is 0.223 e. The highest BCUT2D eigenvalue weighted by molar-refractivity contribution is 5.83. The minimum Gasteiger partial charge on any atom is -0.349 e. The highest BCUT2D eigenvalue weighted by Gasteiger charge is 2.24. The van der Waals surface area contributed by atoms with Gasteiger partial charge in [0.1, 0.15) is 5.82 Å². The number of amides is 2. The number of nitrogens with zero attached hydrogens (tertiary/aromatic N) is 2. The van der Waals surface area contributed by atoms with Crippen LogP contribution in [0, 0.1) is 11.7 Å². The second-order valence-corrected chi connectivity index (χ2v) is 6.77. The molecule has 2 rings (SSSR count). The van der Waals surface area contributed by atoms with Crippen LogP contribution in [-0.2, 0) is 16.0 Å². The molecule has 0 aliphatic carbocycles. The van der Waals surface area contributed by atoms with Crippen molar-refractivity contribution < 1.29 is 14.0 Å².